The first-order valence-electron chi connectivity index (χ1n) is 6.27. The lowest BCUT2D eigenvalue weighted by Gasteiger charge is -2.20. The van der Waals surface area contributed by atoms with Crippen molar-refractivity contribution in [2.75, 3.05) is 6.54 Å². The highest BCUT2D eigenvalue weighted by atomic mass is 16.3. The summed E-state index contributed by atoms with van der Waals surface area (Å²) in [6, 6.07) is 2.93. The molecule has 0 unspecified atom stereocenters. The van der Waals surface area contributed by atoms with Crippen molar-refractivity contribution < 1.29 is 4.42 Å². The topological polar surface area (TPSA) is 42.4 Å². The lowest BCUT2D eigenvalue weighted by molar-refractivity contribution is 0.253. The van der Waals surface area contributed by atoms with E-state index in [0.717, 1.165) is 24.1 Å². The maximum absolute atomic E-state index is 5.59. The Balaban J connectivity index is 2.02. The molecule has 0 aliphatic heterocycles. The lowest BCUT2D eigenvalue weighted by atomic mass is 10.2. The standard InChI is InChI=1S/C13H22N2O/c1-3-6-15(12-4-5-12)9-11-7-13(8-14)16-10(11)2/h7,12H,3-6,8-9,14H2,1-2H3. The molecular formula is C13H22N2O. The minimum Gasteiger partial charge on any atom is -0.465 e. The average Bonchev–Trinajstić information content (AvgIpc) is 3.05. The first-order valence-corrected chi connectivity index (χ1v) is 6.27. The largest absolute Gasteiger partial charge is 0.465 e. The molecule has 0 radical (unpaired) electrons. The van der Waals surface area contributed by atoms with E-state index in [-0.39, 0.29) is 0 Å². The molecule has 1 aromatic heterocycles. The second-order valence-corrected chi connectivity index (χ2v) is 4.70. The molecule has 90 valence electrons. The highest BCUT2D eigenvalue weighted by molar-refractivity contribution is 5.21. The molecule has 1 heterocycles. The summed E-state index contributed by atoms with van der Waals surface area (Å²) in [4.78, 5) is 2.57. The van der Waals surface area contributed by atoms with Crippen molar-refractivity contribution in [2.45, 2.75) is 52.2 Å². The second-order valence-electron chi connectivity index (χ2n) is 4.70. The molecule has 3 heteroatoms. The molecule has 0 saturated heterocycles. The van der Waals surface area contributed by atoms with Gasteiger partial charge in [0.15, 0.2) is 0 Å². The monoisotopic (exact) mass is 222 g/mol. The summed E-state index contributed by atoms with van der Waals surface area (Å²) in [7, 11) is 0. The van der Waals surface area contributed by atoms with Gasteiger partial charge >= 0.3 is 0 Å². The summed E-state index contributed by atoms with van der Waals surface area (Å²) in [5.41, 5.74) is 6.89. The fourth-order valence-corrected chi connectivity index (χ4v) is 2.18. The summed E-state index contributed by atoms with van der Waals surface area (Å²) in [6.45, 7) is 6.98. The van der Waals surface area contributed by atoms with Gasteiger partial charge in [0.1, 0.15) is 11.5 Å². The van der Waals surface area contributed by atoms with E-state index < -0.39 is 0 Å². The van der Waals surface area contributed by atoms with Crippen LogP contribution in [0.25, 0.3) is 0 Å². The van der Waals surface area contributed by atoms with Crippen molar-refractivity contribution in [3.63, 3.8) is 0 Å². The summed E-state index contributed by atoms with van der Waals surface area (Å²) < 4.78 is 5.59. The quantitative estimate of drug-likeness (QED) is 0.803. The molecule has 16 heavy (non-hydrogen) atoms. The number of aryl methyl sites for hydroxylation is 1. The van der Waals surface area contributed by atoms with Gasteiger partial charge in [-0.15, -0.1) is 0 Å². The van der Waals surface area contributed by atoms with E-state index in [2.05, 4.69) is 17.9 Å². The first-order chi connectivity index (χ1) is 7.74. The van der Waals surface area contributed by atoms with E-state index in [1.165, 1.54) is 31.4 Å². The lowest BCUT2D eigenvalue weighted by Crippen LogP contribution is -2.26. The van der Waals surface area contributed by atoms with Crippen LogP contribution in [0.5, 0.6) is 0 Å². The van der Waals surface area contributed by atoms with Gasteiger partial charge in [0, 0.05) is 18.2 Å². The third-order valence-electron chi connectivity index (χ3n) is 3.22. The number of hydrogen-bond donors (Lipinski definition) is 1. The van der Waals surface area contributed by atoms with Crippen LogP contribution in [0.3, 0.4) is 0 Å². The minimum absolute atomic E-state index is 0.498. The summed E-state index contributed by atoms with van der Waals surface area (Å²) in [5, 5.41) is 0. The number of nitrogens with zero attached hydrogens (tertiary/aromatic N) is 1. The fourth-order valence-electron chi connectivity index (χ4n) is 2.18. The van der Waals surface area contributed by atoms with Crippen LogP contribution in [-0.4, -0.2) is 17.5 Å². The number of rotatable bonds is 6. The van der Waals surface area contributed by atoms with Gasteiger partial charge in [-0.05, 0) is 38.8 Å². The van der Waals surface area contributed by atoms with E-state index in [0.29, 0.717) is 6.54 Å². The Hall–Kier alpha value is -0.800. The van der Waals surface area contributed by atoms with Gasteiger partial charge in [0.05, 0.1) is 6.54 Å². The maximum atomic E-state index is 5.59. The number of nitrogens with two attached hydrogens (primary N) is 1. The van der Waals surface area contributed by atoms with Crippen LogP contribution in [0, 0.1) is 6.92 Å². The highest BCUT2D eigenvalue weighted by Gasteiger charge is 2.28. The van der Waals surface area contributed by atoms with E-state index in [4.69, 9.17) is 10.2 Å². The van der Waals surface area contributed by atoms with Crippen molar-refractivity contribution in [2.24, 2.45) is 5.73 Å². The zero-order chi connectivity index (χ0) is 11.5. The van der Waals surface area contributed by atoms with Crippen molar-refractivity contribution in [1.29, 1.82) is 0 Å². The Morgan fingerprint density at radius 2 is 2.25 bits per heavy atom. The van der Waals surface area contributed by atoms with Gasteiger partial charge in [0.25, 0.3) is 0 Å². The van der Waals surface area contributed by atoms with Crippen molar-refractivity contribution in [3.05, 3.63) is 23.2 Å². The van der Waals surface area contributed by atoms with E-state index in [1.807, 2.05) is 6.92 Å². The van der Waals surface area contributed by atoms with Gasteiger partial charge in [-0.3, -0.25) is 4.90 Å². The number of furan rings is 1. The molecule has 0 spiro atoms. The van der Waals surface area contributed by atoms with Crippen LogP contribution in [0.2, 0.25) is 0 Å². The minimum atomic E-state index is 0.498. The molecule has 1 aromatic rings. The second kappa shape index (κ2) is 5.02. The van der Waals surface area contributed by atoms with E-state index in [1.54, 1.807) is 0 Å². The molecule has 0 bridgehead atoms. The molecule has 0 amide bonds. The summed E-state index contributed by atoms with van der Waals surface area (Å²) >= 11 is 0. The van der Waals surface area contributed by atoms with Crippen LogP contribution in [-0.2, 0) is 13.1 Å². The molecule has 0 atom stereocenters. The Bertz CT molecular complexity index is 342. The van der Waals surface area contributed by atoms with Crippen molar-refractivity contribution >= 4 is 0 Å². The molecule has 0 aromatic carbocycles. The first kappa shape index (κ1) is 11.7. The SMILES string of the molecule is CCCN(Cc1cc(CN)oc1C)C1CC1. The van der Waals surface area contributed by atoms with Gasteiger partial charge in [-0.1, -0.05) is 6.92 Å². The Morgan fingerprint density at radius 1 is 1.50 bits per heavy atom. The summed E-state index contributed by atoms with van der Waals surface area (Å²) in [6.07, 6.45) is 3.94. The maximum Gasteiger partial charge on any atom is 0.118 e. The molecule has 1 aliphatic rings. The van der Waals surface area contributed by atoms with Crippen LogP contribution >= 0.6 is 0 Å². The predicted molar refractivity (Wildman–Crippen MR) is 65.1 cm³/mol. The Morgan fingerprint density at radius 3 is 2.75 bits per heavy atom. The molecule has 1 fully saturated rings. The van der Waals surface area contributed by atoms with Crippen LogP contribution in [0.15, 0.2) is 10.5 Å². The smallest absolute Gasteiger partial charge is 0.118 e. The molecule has 2 rings (SSSR count). The third kappa shape index (κ3) is 2.66. The Kier molecular flexibility index (Phi) is 3.66. The Labute approximate surface area is 97.6 Å². The van der Waals surface area contributed by atoms with Gasteiger partial charge in [0.2, 0.25) is 0 Å². The average molecular weight is 222 g/mol. The van der Waals surface area contributed by atoms with Gasteiger partial charge < -0.3 is 10.2 Å². The summed E-state index contributed by atoms with van der Waals surface area (Å²) in [5.74, 6) is 1.93. The van der Waals surface area contributed by atoms with E-state index in [9.17, 15) is 0 Å². The molecular weight excluding hydrogens is 200 g/mol. The van der Waals surface area contributed by atoms with Crippen molar-refractivity contribution in [3.8, 4) is 0 Å². The van der Waals surface area contributed by atoms with Gasteiger partial charge in [-0.2, -0.15) is 0 Å². The van der Waals surface area contributed by atoms with Gasteiger partial charge in [-0.25, -0.2) is 0 Å². The predicted octanol–water partition coefficient (Wildman–Crippen LogP) is 2.42. The molecule has 1 aliphatic carbocycles. The van der Waals surface area contributed by atoms with Crippen LogP contribution in [0.1, 0.15) is 43.3 Å². The van der Waals surface area contributed by atoms with Crippen molar-refractivity contribution in [1.82, 2.24) is 4.90 Å². The zero-order valence-corrected chi connectivity index (χ0v) is 10.3. The zero-order valence-electron chi connectivity index (χ0n) is 10.3. The van der Waals surface area contributed by atoms with E-state index >= 15 is 0 Å². The molecule has 1 saturated carbocycles. The van der Waals surface area contributed by atoms with Crippen LogP contribution < -0.4 is 5.73 Å². The fraction of sp³-hybridized carbons (Fsp3) is 0.692. The molecule has 2 N–H and O–H groups in total. The number of hydrogen-bond acceptors (Lipinski definition) is 3. The normalized spacial score (nSPS) is 16.0. The highest BCUT2D eigenvalue weighted by Crippen LogP contribution is 2.29. The third-order valence-corrected chi connectivity index (χ3v) is 3.22. The van der Waals surface area contributed by atoms with Crippen LogP contribution in [0.4, 0.5) is 0 Å². The molecule has 3 nitrogen and oxygen atoms in total.